The second kappa shape index (κ2) is 5.05. The first-order valence-electron chi connectivity index (χ1n) is 7.00. The fourth-order valence-electron chi connectivity index (χ4n) is 3.22. The fraction of sp³-hybridized carbons (Fsp3) is 1.00. The van der Waals surface area contributed by atoms with Gasteiger partial charge in [0.15, 0.2) is 0 Å². The van der Waals surface area contributed by atoms with Crippen molar-refractivity contribution in [3.05, 3.63) is 0 Å². The normalized spacial score (nSPS) is 43.7. The third-order valence-electron chi connectivity index (χ3n) is 4.83. The molecule has 0 radical (unpaired) electrons. The van der Waals surface area contributed by atoms with Gasteiger partial charge in [-0.3, -0.25) is 0 Å². The van der Waals surface area contributed by atoms with Gasteiger partial charge in [-0.2, -0.15) is 0 Å². The molecule has 2 heteroatoms. The maximum Gasteiger partial charge on any atom is 0.0695 e. The highest BCUT2D eigenvalue weighted by Crippen LogP contribution is 2.39. The van der Waals surface area contributed by atoms with Gasteiger partial charge in [0, 0.05) is 12.6 Å². The van der Waals surface area contributed by atoms with E-state index >= 15 is 0 Å². The Labute approximate surface area is 100 Å². The SMILES string of the molecule is CCC1CCC(O)C(N(C)CC2CC2C)C1. The van der Waals surface area contributed by atoms with E-state index in [1.165, 1.54) is 32.2 Å². The number of aliphatic hydroxyl groups is 1. The predicted octanol–water partition coefficient (Wildman–Crippen LogP) is 2.51. The van der Waals surface area contributed by atoms with Crippen LogP contribution in [0.1, 0.15) is 46.0 Å². The Morgan fingerprint density at radius 1 is 1.25 bits per heavy atom. The minimum Gasteiger partial charge on any atom is -0.391 e. The lowest BCUT2D eigenvalue weighted by molar-refractivity contribution is 0.0115. The van der Waals surface area contributed by atoms with Crippen LogP contribution in [0.2, 0.25) is 0 Å². The van der Waals surface area contributed by atoms with E-state index in [4.69, 9.17) is 0 Å². The summed E-state index contributed by atoms with van der Waals surface area (Å²) < 4.78 is 0. The molecule has 2 nitrogen and oxygen atoms in total. The average Bonchev–Trinajstić information content (AvgIpc) is 2.94. The smallest absolute Gasteiger partial charge is 0.0695 e. The lowest BCUT2D eigenvalue weighted by Crippen LogP contribution is -2.46. The highest BCUT2D eigenvalue weighted by Gasteiger charge is 2.37. The van der Waals surface area contributed by atoms with Crippen LogP contribution < -0.4 is 0 Å². The Morgan fingerprint density at radius 2 is 1.94 bits per heavy atom. The molecule has 94 valence electrons. The molecule has 0 aromatic heterocycles. The van der Waals surface area contributed by atoms with E-state index in [1.54, 1.807) is 0 Å². The summed E-state index contributed by atoms with van der Waals surface area (Å²) in [5, 5.41) is 10.1. The van der Waals surface area contributed by atoms with Crippen molar-refractivity contribution in [3.8, 4) is 0 Å². The van der Waals surface area contributed by atoms with Gasteiger partial charge in [-0.15, -0.1) is 0 Å². The molecule has 5 atom stereocenters. The summed E-state index contributed by atoms with van der Waals surface area (Å²) >= 11 is 0. The van der Waals surface area contributed by atoms with Gasteiger partial charge >= 0.3 is 0 Å². The molecule has 0 heterocycles. The Hall–Kier alpha value is -0.0800. The molecule has 0 spiro atoms. The van der Waals surface area contributed by atoms with Crippen LogP contribution >= 0.6 is 0 Å². The Bertz CT molecular complexity index is 231. The van der Waals surface area contributed by atoms with E-state index in [0.29, 0.717) is 6.04 Å². The van der Waals surface area contributed by atoms with Crippen LogP contribution in [-0.2, 0) is 0 Å². The van der Waals surface area contributed by atoms with Crippen LogP contribution in [-0.4, -0.2) is 35.7 Å². The Morgan fingerprint density at radius 3 is 2.50 bits per heavy atom. The van der Waals surface area contributed by atoms with Crippen molar-refractivity contribution in [1.29, 1.82) is 0 Å². The molecule has 16 heavy (non-hydrogen) atoms. The zero-order valence-corrected chi connectivity index (χ0v) is 11.0. The third-order valence-corrected chi connectivity index (χ3v) is 4.83. The molecule has 5 unspecified atom stereocenters. The van der Waals surface area contributed by atoms with Gasteiger partial charge in [0.05, 0.1) is 6.10 Å². The molecule has 2 aliphatic rings. The zero-order chi connectivity index (χ0) is 11.7. The van der Waals surface area contributed by atoms with Crippen LogP contribution in [0.4, 0.5) is 0 Å². The summed E-state index contributed by atoms with van der Waals surface area (Å²) in [6.45, 7) is 5.81. The molecule has 2 fully saturated rings. The molecule has 0 aliphatic heterocycles. The van der Waals surface area contributed by atoms with Gasteiger partial charge in [0.25, 0.3) is 0 Å². The molecular weight excluding hydrogens is 198 g/mol. The summed E-state index contributed by atoms with van der Waals surface area (Å²) in [5.74, 6) is 2.66. The zero-order valence-electron chi connectivity index (χ0n) is 11.0. The summed E-state index contributed by atoms with van der Waals surface area (Å²) in [6.07, 6.45) is 6.02. The minimum atomic E-state index is -0.0816. The van der Waals surface area contributed by atoms with E-state index in [1.807, 2.05) is 0 Å². The molecule has 0 bridgehead atoms. The maximum absolute atomic E-state index is 10.1. The fourth-order valence-corrected chi connectivity index (χ4v) is 3.22. The van der Waals surface area contributed by atoms with Crippen molar-refractivity contribution in [2.75, 3.05) is 13.6 Å². The van der Waals surface area contributed by atoms with Gasteiger partial charge in [0.1, 0.15) is 0 Å². The van der Waals surface area contributed by atoms with Crippen molar-refractivity contribution in [2.24, 2.45) is 17.8 Å². The number of rotatable bonds is 4. The first-order chi connectivity index (χ1) is 7.61. The number of hydrogen-bond acceptors (Lipinski definition) is 2. The summed E-state index contributed by atoms with van der Waals surface area (Å²) in [5.41, 5.74) is 0. The Kier molecular flexibility index (Phi) is 3.91. The molecule has 2 rings (SSSR count). The molecule has 0 aromatic carbocycles. The van der Waals surface area contributed by atoms with Crippen molar-refractivity contribution in [1.82, 2.24) is 4.90 Å². The van der Waals surface area contributed by atoms with Crippen molar-refractivity contribution >= 4 is 0 Å². The molecule has 0 saturated heterocycles. The maximum atomic E-state index is 10.1. The second-order valence-corrected chi connectivity index (χ2v) is 6.13. The minimum absolute atomic E-state index is 0.0816. The number of aliphatic hydroxyl groups excluding tert-OH is 1. The topological polar surface area (TPSA) is 23.5 Å². The quantitative estimate of drug-likeness (QED) is 0.794. The molecule has 1 N–H and O–H groups in total. The van der Waals surface area contributed by atoms with Crippen molar-refractivity contribution < 1.29 is 5.11 Å². The van der Waals surface area contributed by atoms with Crippen LogP contribution in [0.5, 0.6) is 0 Å². The molecule has 2 saturated carbocycles. The van der Waals surface area contributed by atoms with Crippen LogP contribution in [0.3, 0.4) is 0 Å². The predicted molar refractivity (Wildman–Crippen MR) is 67.3 cm³/mol. The molecule has 0 aromatic rings. The highest BCUT2D eigenvalue weighted by molar-refractivity contribution is 4.90. The van der Waals surface area contributed by atoms with Crippen molar-refractivity contribution in [2.45, 2.75) is 58.1 Å². The van der Waals surface area contributed by atoms with E-state index in [0.717, 1.165) is 24.2 Å². The highest BCUT2D eigenvalue weighted by atomic mass is 16.3. The largest absolute Gasteiger partial charge is 0.391 e. The first-order valence-corrected chi connectivity index (χ1v) is 7.00. The van der Waals surface area contributed by atoms with E-state index in [-0.39, 0.29) is 6.10 Å². The number of nitrogens with zero attached hydrogens (tertiary/aromatic N) is 1. The monoisotopic (exact) mass is 225 g/mol. The molecule has 0 amide bonds. The first kappa shape index (κ1) is 12.4. The van der Waals surface area contributed by atoms with Crippen LogP contribution in [0.15, 0.2) is 0 Å². The summed E-state index contributed by atoms with van der Waals surface area (Å²) in [7, 11) is 2.21. The summed E-state index contributed by atoms with van der Waals surface area (Å²) in [4.78, 5) is 2.43. The standard InChI is InChI=1S/C14H27NO/c1-4-11-5-6-14(16)13(8-11)15(3)9-12-7-10(12)2/h10-14,16H,4-9H2,1-3H3. The van der Waals surface area contributed by atoms with E-state index in [9.17, 15) is 5.11 Å². The third kappa shape index (κ3) is 2.78. The van der Waals surface area contributed by atoms with Gasteiger partial charge in [-0.25, -0.2) is 0 Å². The van der Waals surface area contributed by atoms with Gasteiger partial charge in [0.2, 0.25) is 0 Å². The van der Waals surface area contributed by atoms with E-state index < -0.39 is 0 Å². The molecular formula is C14H27NO. The van der Waals surface area contributed by atoms with E-state index in [2.05, 4.69) is 25.8 Å². The van der Waals surface area contributed by atoms with Gasteiger partial charge in [-0.1, -0.05) is 20.3 Å². The molecule has 2 aliphatic carbocycles. The lowest BCUT2D eigenvalue weighted by Gasteiger charge is -2.38. The Balaban J connectivity index is 1.84. The van der Waals surface area contributed by atoms with Gasteiger partial charge in [-0.05, 0) is 50.5 Å². The number of hydrogen-bond donors (Lipinski definition) is 1. The van der Waals surface area contributed by atoms with Crippen LogP contribution in [0, 0.1) is 17.8 Å². The lowest BCUT2D eigenvalue weighted by atomic mass is 9.82. The number of likely N-dealkylation sites (N-methyl/N-ethyl adjacent to an activating group) is 1. The average molecular weight is 225 g/mol. The van der Waals surface area contributed by atoms with Gasteiger partial charge < -0.3 is 10.0 Å². The summed E-state index contributed by atoms with van der Waals surface area (Å²) in [6, 6.07) is 0.423. The van der Waals surface area contributed by atoms with Crippen molar-refractivity contribution in [3.63, 3.8) is 0 Å². The van der Waals surface area contributed by atoms with Crippen LogP contribution in [0.25, 0.3) is 0 Å². The second-order valence-electron chi connectivity index (χ2n) is 6.13.